The summed E-state index contributed by atoms with van der Waals surface area (Å²) in [5.41, 5.74) is 6.38. The number of rotatable bonds is 7. The van der Waals surface area contributed by atoms with Gasteiger partial charge in [0.05, 0.1) is 0 Å². The Morgan fingerprint density at radius 3 is 2.74 bits per heavy atom. The number of amidine groups is 1. The summed E-state index contributed by atoms with van der Waals surface area (Å²) in [4.78, 5) is 0. The van der Waals surface area contributed by atoms with Gasteiger partial charge in [-0.2, -0.15) is 0 Å². The van der Waals surface area contributed by atoms with Crippen molar-refractivity contribution in [3.05, 3.63) is 35.1 Å². The van der Waals surface area contributed by atoms with Crippen molar-refractivity contribution in [1.82, 2.24) is 5.32 Å². The van der Waals surface area contributed by atoms with Crippen LogP contribution in [0, 0.1) is 5.82 Å². The molecule has 0 amide bonds. The zero-order valence-corrected chi connectivity index (χ0v) is 11.5. The molecule has 0 fully saturated rings. The van der Waals surface area contributed by atoms with Crippen molar-refractivity contribution in [2.24, 2.45) is 10.9 Å². The fourth-order valence-electron chi connectivity index (χ4n) is 1.96. The fourth-order valence-corrected chi connectivity index (χ4v) is 1.96. The Morgan fingerprint density at radius 1 is 1.47 bits per heavy atom. The number of nitrogens with zero attached hydrogens (tertiary/aromatic N) is 1. The fraction of sp³-hybridized carbons (Fsp3) is 0.500. The molecule has 0 saturated heterocycles. The standard InChI is InChI=1S/C14H22FN3O/c1-3-5-12(4-2)17-9-11-7-6-10(8-13(11)15)14(16)18-19/h6-8,12,17,19H,3-5,9H2,1-2H3,(H2,16,18). The van der Waals surface area contributed by atoms with Crippen LogP contribution in [-0.4, -0.2) is 17.1 Å². The van der Waals surface area contributed by atoms with Crippen molar-refractivity contribution in [2.45, 2.75) is 45.7 Å². The minimum Gasteiger partial charge on any atom is -0.409 e. The van der Waals surface area contributed by atoms with Gasteiger partial charge in [0.2, 0.25) is 0 Å². The molecule has 0 radical (unpaired) electrons. The quantitative estimate of drug-likeness (QED) is 0.308. The maximum atomic E-state index is 13.9. The van der Waals surface area contributed by atoms with Crippen molar-refractivity contribution in [3.8, 4) is 0 Å². The Balaban J connectivity index is 2.70. The zero-order chi connectivity index (χ0) is 14.3. The van der Waals surface area contributed by atoms with Gasteiger partial charge >= 0.3 is 0 Å². The number of nitrogens with two attached hydrogens (primary N) is 1. The SMILES string of the molecule is CCCC(CC)NCc1ccc(C(N)=NO)cc1F. The lowest BCUT2D eigenvalue weighted by Gasteiger charge is -2.16. The van der Waals surface area contributed by atoms with Crippen LogP contribution in [0.25, 0.3) is 0 Å². The Labute approximate surface area is 113 Å². The molecule has 1 unspecified atom stereocenters. The smallest absolute Gasteiger partial charge is 0.170 e. The van der Waals surface area contributed by atoms with Crippen molar-refractivity contribution in [3.63, 3.8) is 0 Å². The van der Waals surface area contributed by atoms with E-state index in [1.54, 1.807) is 12.1 Å². The van der Waals surface area contributed by atoms with E-state index in [0.717, 1.165) is 19.3 Å². The molecule has 0 aliphatic rings. The van der Waals surface area contributed by atoms with E-state index in [1.165, 1.54) is 6.07 Å². The Hall–Kier alpha value is -1.62. The third-order valence-corrected chi connectivity index (χ3v) is 3.17. The molecule has 5 heteroatoms. The van der Waals surface area contributed by atoms with E-state index in [1.807, 2.05) is 0 Å². The highest BCUT2D eigenvalue weighted by Gasteiger charge is 2.09. The van der Waals surface area contributed by atoms with Gasteiger partial charge in [-0.25, -0.2) is 4.39 Å². The van der Waals surface area contributed by atoms with Crippen LogP contribution in [-0.2, 0) is 6.54 Å². The van der Waals surface area contributed by atoms with Crippen LogP contribution >= 0.6 is 0 Å². The first-order valence-electron chi connectivity index (χ1n) is 6.62. The van der Waals surface area contributed by atoms with Crippen molar-refractivity contribution in [2.75, 3.05) is 0 Å². The van der Waals surface area contributed by atoms with E-state index >= 15 is 0 Å². The predicted molar refractivity (Wildman–Crippen MR) is 74.7 cm³/mol. The summed E-state index contributed by atoms with van der Waals surface area (Å²) in [5.74, 6) is -0.432. The third-order valence-electron chi connectivity index (χ3n) is 3.17. The van der Waals surface area contributed by atoms with E-state index in [4.69, 9.17) is 10.9 Å². The topological polar surface area (TPSA) is 70.6 Å². The monoisotopic (exact) mass is 267 g/mol. The number of oxime groups is 1. The first-order chi connectivity index (χ1) is 9.12. The average Bonchev–Trinajstić information content (AvgIpc) is 2.43. The second-order valence-corrected chi connectivity index (χ2v) is 4.57. The van der Waals surface area contributed by atoms with E-state index in [-0.39, 0.29) is 11.7 Å². The van der Waals surface area contributed by atoms with Gasteiger partial charge < -0.3 is 16.3 Å². The molecular weight excluding hydrogens is 245 g/mol. The second kappa shape index (κ2) is 7.74. The molecule has 1 atom stereocenters. The van der Waals surface area contributed by atoms with E-state index < -0.39 is 0 Å². The lowest BCUT2D eigenvalue weighted by atomic mass is 10.1. The molecule has 106 valence electrons. The number of nitrogens with one attached hydrogen (secondary N) is 1. The minimum atomic E-state index is -0.344. The van der Waals surface area contributed by atoms with Gasteiger partial charge in [0.15, 0.2) is 5.84 Å². The summed E-state index contributed by atoms with van der Waals surface area (Å²) >= 11 is 0. The molecule has 1 aromatic rings. The van der Waals surface area contributed by atoms with E-state index in [0.29, 0.717) is 23.7 Å². The molecule has 0 aromatic heterocycles. The van der Waals surface area contributed by atoms with Crippen LogP contribution in [0.2, 0.25) is 0 Å². The van der Waals surface area contributed by atoms with Crippen molar-refractivity contribution < 1.29 is 9.60 Å². The van der Waals surface area contributed by atoms with Crippen molar-refractivity contribution >= 4 is 5.84 Å². The number of benzene rings is 1. The maximum absolute atomic E-state index is 13.9. The molecule has 0 bridgehead atoms. The summed E-state index contributed by atoms with van der Waals surface area (Å²) < 4.78 is 13.9. The van der Waals surface area contributed by atoms with Crippen LogP contribution in [0.3, 0.4) is 0 Å². The summed E-state index contributed by atoms with van der Waals surface area (Å²) in [6.07, 6.45) is 3.22. The molecule has 4 nitrogen and oxygen atoms in total. The van der Waals surface area contributed by atoms with Gasteiger partial charge in [0, 0.05) is 23.7 Å². The van der Waals surface area contributed by atoms with Crippen LogP contribution in [0.5, 0.6) is 0 Å². The Bertz CT molecular complexity index is 435. The number of hydrogen-bond acceptors (Lipinski definition) is 3. The third kappa shape index (κ3) is 4.52. The lowest BCUT2D eigenvalue weighted by Crippen LogP contribution is -2.28. The molecule has 0 aliphatic carbocycles. The maximum Gasteiger partial charge on any atom is 0.170 e. The highest BCUT2D eigenvalue weighted by molar-refractivity contribution is 5.97. The average molecular weight is 267 g/mol. The summed E-state index contributed by atoms with van der Waals surface area (Å²) in [6, 6.07) is 5.00. The van der Waals surface area contributed by atoms with Gasteiger partial charge in [-0.1, -0.05) is 37.6 Å². The highest BCUT2D eigenvalue weighted by Crippen LogP contribution is 2.11. The van der Waals surface area contributed by atoms with Crippen molar-refractivity contribution in [1.29, 1.82) is 0 Å². The first-order valence-corrected chi connectivity index (χ1v) is 6.62. The van der Waals surface area contributed by atoms with E-state index in [2.05, 4.69) is 24.3 Å². The highest BCUT2D eigenvalue weighted by atomic mass is 19.1. The largest absolute Gasteiger partial charge is 0.409 e. The number of hydrogen-bond donors (Lipinski definition) is 3. The lowest BCUT2D eigenvalue weighted by molar-refractivity contribution is 0.318. The molecule has 0 spiro atoms. The molecule has 4 N–H and O–H groups in total. The molecule has 0 saturated carbocycles. The first kappa shape index (κ1) is 15.4. The molecular formula is C14H22FN3O. The van der Waals surface area contributed by atoms with E-state index in [9.17, 15) is 4.39 Å². The summed E-state index contributed by atoms with van der Waals surface area (Å²) in [5, 5.41) is 14.7. The van der Waals surface area contributed by atoms with Gasteiger partial charge in [-0.3, -0.25) is 0 Å². The number of halogens is 1. The van der Waals surface area contributed by atoms with Gasteiger partial charge in [0.25, 0.3) is 0 Å². The van der Waals surface area contributed by atoms with Crippen LogP contribution < -0.4 is 11.1 Å². The minimum absolute atomic E-state index is 0.0872. The second-order valence-electron chi connectivity index (χ2n) is 4.57. The van der Waals surface area contributed by atoms with Gasteiger partial charge in [0.1, 0.15) is 5.82 Å². The van der Waals surface area contributed by atoms with Gasteiger partial charge in [-0.15, -0.1) is 0 Å². The summed E-state index contributed by atoms with van der Waals surface area (Å²) in [7, 11) is 0. The predicted octanol–water partition coefficient (Wildman–Crippen LogP) is 2.59. The molecule has 0 aliphatic heterocycles. The Kier molecular flexibility index (Phi) is 6.29. The summed E-state index contributed by atoms with van der Waals surface area (Å²) in [6.45, 7) is 4.74. The van der Waals surface area contributed by atoms with Crippen LogP contribution in [0.1, 0.15) is 44.2 Å². The van der Waals surface area contributed by atoms with Crippen LogP contribution in [0.15, 0.2) is 23.4 Å². The molecule has 19 heavy (non-hydrogen) atoms. The van der Waals surface area contributed by atoms with Gasteiger partial charge in [-0.05, 0) is 18.9 Å². The Morgan fingerprint density at radius 2 is 2.21 bits per heavy atom. The normalized spacial score (nSPS) is 13.5. The molecule has 0 heterocycles. The van der Waals surface area contributed by atoms with Crippen LogP contribution in [0.4, 0.5) is 4.39 Å². The molecule has 1 aromatic carbocycles. The zero-order valence-electron chi connectivity index (χ0n) is 11.5. The molecule has 1 rings (SSSR count).